The van der Waals surface area contributed by atoms with Crippen LogP contribution in [0.2, 0.25) is 0 Å². The summed E-state index contributed by atoms with van der Waals surface area (Å²) in [6.45, 7) is 10.6. The van der Waals surface area contributed by atoms with Crippen molar-refractivity contribution in [2.75, 3.05) is 26.2 Å². The first kappa shape index (κ1) is 22.9. The van der Waals surface area contributed by atoms with Crippen LogP contribution in [-0.4, -0.2) is 47.6 Å². The molecule has 31 heavy (non-hydrogen) atoms. The quantitative estimate of drug-likeness (QED) is 0.294. The third kappa shape index (κ3) is 5.88. The molecule has 7 nitrogen and oxygen atoms in total. The molecule has 2 aromatic rings. The summed E-state index contributed by atoms with van der Waals surface area (Å²) < 4.78 is 7.27. The number of hydrogen-bond acceptors (Lipinski definition) is 4. The van der Waals surface area contributed by atoms with E-state index in [-0.39, 0.29) is 5.97 Å². The molecule has 2 heterocycles. The number of aliphatic imine (C=N–C) groups is 1. The van der Waals surface area contributed by atoms with Crippen LogP contribution in [-0.2, 0) is 22.6 Å². The summed E-state index contributed by atoms with van der Waals surface area (Å²) in [4.78, 5) is 18.0. The number of benzene rings is 1. The van der Waals surface area contributed by atoms with E-state index in [4.69, 9.17) is 10.5 Å². The van der Waals surface area contributed by atoms with Crippen molar-refractivity contribution in [1.82, 2.24) is 14.8 Å². The molecule has 0 radical (unpaired) electrons. The van der Waals surface area contributed by atoms with Gasteiger partial charge in [0.2, 0.25) is 0 Å². The molecule has 7 heteroatoms. The van der Waals surface area contributed by atoms with Gasteiger partial charge < -0.3 is 25.3 Å². The van der Waals surface area contributed by atoms with Gasteiger partial charge in [0, 0.05) is 49.5 Å². The van der Waals surface area contributed by atoms with Crippen LogP contribution in [0, 0.1) is 5.92 Å². The van der Waals surface area contributed by atoms with Crippen LogP contribution in [0.3, 0.4) is 0 Å². The molecule has 0 bridgehead atoms. The van der Waals surface area contributed by atoms with Crippen LogP contribution in [0.15, 0.2) is 47.2 Å². The largest absolute Gasteiger partial charge is 0.463 e. The fraction of sp³-hybridized carbons (Fsp3) is 0.500. The average molecular weight is 426 g/mol. The van der Waals surface area contributed by atoms with Crippen LogP contribution >= 0.6 is 0 Å². The van der Waals surface area contributed by atoms with Gasteiger partial charge in [0.15, 0.2) is 5.96 Å². The third-order valence-corrected chi connectivity index (χ3v) is 5.89. The normalized spacial score (nSPS) is 16.2. The molecule has 1 aromatic carbocycles. The lowest BCUT2D eigenvalue weighted by Crippen LogP contribution is -2.44. The Morgan fingerprint density at radius 1 is 1.29 bits per heavy atom. The zero-order valence-corrected chi connectivity index (χ0v) is 18.9. The van der Waals surface area contributed by atoms with E-state index in [1.165, 1.54) is 22.7 Å². The van der Waals surface area contributed by atoms with Gasteiger partial charge in [0.05, 0.1) is 12.2 Å². The molecule has 1 saturated heterocycles. The minimum Gasteiger partial charge on any atom is -0.463 e. The predicted octanol–water partition coefficient (Wildman–Crippen LogP) is 3.24. The summed E-state index contributed by atoms with van der Waals surface area (Å²) >= 11 is 0. The molecule has 1 fully saturated rings. The molecule has 0 aliphatic carbocycles. The summed E-state index contributed by atoms with van der Waals surface area (Å²) in [7, 11) is 0. The number of guanidine groups is 1. The Morgan fingerprint density at radius 3 is 2.74 bits per heavy atom. The van der Waals surface area contributed by atoms with E-state index in [1.807, 2.05) is 0 Å². The molecule has 3 rings (SSSR count). The number of aryl methyl sites for hydroxylation is 1. The van der Waals surface area contributed by atoms with Crippen LogP contribution in [0.25, 0.3) is 10.9 Å². The fourth-order valence-corrected chi connectivity index (χ4v) is 4.04. The van der Waals surface area contributed by atoms with Crippen LogP contribution in [0.5, 0.6) is 0 Å². The maximum Gasteiger partial charge on any atom is 0.335 e. The Labute approximate surface area is 184 Å². The molecular weight excluding hydrogens is 390 g/mol. The number of fused-ring (bicyclic) bond motifs is 1. The molecule has 0 saturated carbocycles. The monoisotopic (exact) mass is 425 g/mol. The number of nitrogens with two attached hydrogens (primary N) is 1. The van der Waals surface area contributed by atoms with Crippen molar-refractivity contribution >= 4 is 22.8 Å². The molecule has 168 valence electrons. The Bertz CT molecular complexity index is 939. The van der Waals surface area contributed by atoms with E-state index in [2.05, 4.69) is 57.2 Å². The molecule has 1 aliphatic rings. The highest BCUT2D eigenvalue weighted by Gasteiger charge is 2.20. The molecule has 0 atom stereocenters. The maximum atomic E-state index is 11.6. The molecule has 0 unspecified atom stereocenters. The number of carbonyl (C=O) groups is 1. The van der Waals surface area contributed by atoms with Crippen LogP contribution in [0.1, 0.15) is 39.2 Å². The van der Waals surface area contributed by atoms with E-state index in [1.54, 1.807) is 13.8 Å². The maximum absolute atomic E-state index is 11.6. The van der Waals surface area contributed by atoms with Gasteiger partial charge in [-0.1, -0.05) is 18.2 Å². The van der Waals surface area contributed by atoms with Crippen molar-refractivity contribution in [1.29, 1.82) is 0 Å². The van der Waals surface area contributed by atoms with Gasteiger partial charge in [-0.2, -0.15) is 0 Å². The molecular formula is C24H35N5O2. The van der Waals surface area contributed by atoms with Gasteiger partial charge >= 0.3 is 5.97 Å². The van der Waals surface area contributed by atoms with Gasteiger partial charge in [-0.25, -0.2) is 9.79 Å². The first-order valence-corrected chi connectivity index (χ1v) is 11.2. The number of nitrogens with one attached hydrogen (secondary N) is 1. The number of hydrogen-bond donors (Lipinski definition) is 2. The Balaban J connectivity index is 1.46. The molecule has 0 spiro atoms. The standard InChI is InChI=1S/C24H35N5O2/c1-4-28-17-20(21-8-6-7-9-22(21)28)16-26-15-19-10-12-29(13-11-19)24(25)27-14-18(3)23(30)31-5-2/h6-9,14,17,19,26H,4-5,10-13,15-16H2,1-3H3,(H2,25,27)/b18-14+. The second kappa shape index (κ2) is 11.0. The zero-order valence-electron chi connectivity index (χ0n) is 18.9. The number of ether oxygens (including phenoxy) is 1. The van der Waals surface area contributed by atoms with Crippen LogP contribution in [0.4, 0.5) is 0 Å². The summed E-state index contributed by atoms with van der Waals surface area (Å²) in [5.41, 5.74) is 9.23. The molecule has 0 amide bonds. The Hall–Kier alpha value is -2.80. The third-order valence-electron chi connectivity index (χ3n) is 5.89. The van der Waals surface area contributed by atoms with Crippen molar-refractivity contribution < 1.29 is 9.53 Å². The average Bonchev–Trinajstić information content (AvgIpc) is 3.15. The smallest absolute Gasteiger partial charge is 0.335 e. The number of piperidine rings is 1. The summed E-state index contributed by atoms with van der Waals surface area (Å²) in [6.07, 6.45) is 5.90. The van der Waals surface area contributed by atoms with Crippen molar-refractivity contribution in [2.45, 2.75) is 46.7 Å². The highest BCUT2D eigenvalue weighted by atomic mass is 16.5. The minimum atomic E-state index is -0.356. The number of para-hydroxylation sites is 1. The Morgan fingerprint density at radius 2 is 2.03 bits per heavy atom. The van der Waals surface area contributed by atoms with Gasteiger partial charge in [0.1, 0.15) is 0 Å². The second-order valence-corrected chi connectivity index (χ2v) is 8.04. The predicted molar refractivity (Wildman–Crippen MR) is 126 cm³/mol. The molecule has 1 aromatic heterocycles. The highest BCUT2D eigenvalue weighted by molar-refractivity contribution is 5.88. The van der Waals surface area contributed by atoms with E-state index in [0.717, 1.165) is 45.6 Å². The SMILES string of the molecule is CCOC(=O)/C(C)=C/N=C(N)N1CCC(CNCc2cn(CC)c3ccccc23)CC1. The number of rotatable bonds is 8. The number of likely N-dealkylation sites (tertiary alicyclic amines) is 1. The molecule has 1 aliphatic heterocycles. The van der Waals surface area contributed by atoms with Crippen LogP contribution < -0.4 is 11.1 Å². The number of aromatic nitrogens is 1. The molecule has 3 N–H and O–H groups in total. The topological polar surface area (TPSA) is 84.9 Å². The summed E-state index contributed by atoms with van der Waals surface area (Å²) in [5.74, 6) is 0.730. The summed E-state index contributed by atoms with van der Waals surface area (Å²) in [6, 6.07) is 8.60. The van der Waals surface area contributed by atoms with E-state index >= 15 is 0 Å². The zero-order chi connectivity index (χ0) is 22.2. The fourth-order valence-electron chi connectivity index (χ4n) is 4.04. The van der Waals surface area contributed by atoms with Crippen molar-refractivity contribution in [3.63, 3.8) is 0 Å². The van der Waals surface area contributed by atoms with E-state index < -0.39 is 0 Å². The lowest BCUT2D eigenvalue weighted by Gasteiger charge is -2.32. The van der Waals surface area contributed by atoms with E-state index in [0.29, 0.717) is 24.1 Å². The first-order chi connectivity index (χ1) is 15.0. The first-order valence-electron chi connectivity index (χ1n) is 11.2. The van der Waals surface area contributed by atoms with Gasteiger partial charge in [0.25, 0.3) is 0 Å². The van der Waals surface area contributed by atoms with E-state index in [9.17, 15) is 4.79 Å². The van der Waals surface area contributed by atoms with Gasteiger partial charge in [-0.3, -0.25) is 0 Å². The summed E-state index contributed by atoms with van der Waals surface area (Å²) in [5, 5.41) is 4.99. The number of carbonyl (C=O) groups excluding carboxylic acids is 1. The lowest BCUT2D eigenvalue weighted by atomic mass is 9.97. The number of nitrogens with zero attached hydrogens (tertiary/aromatic N) is 3. The Kier molecular flexibility index (Phi) is 8.12. The second-order valence-electron chi connectivity index (χ2n) is 8.04. The minimum absolute atomic E-state index is 0.353. The van der Waals surface area contributed by atoms with Gasteiger partial charge in [-0.05, 0) is 57.7 Å². The van der Waals surface area contributed by atoms with Crippen molar-refractivity contribution in [3.8, 4) is 0 Å². The van der Waals surface area contributed by atoms with Gasteiger partial charge in [-0.15, -0.1) is 0 Å². The number of esters is 1. The van der Waals surface area contributed by atoms with Crippen molar-refractivity contribution in [3.05, 3.63) is 47.8 Å². The van der Waals surface area contributed by atoms with Crippen molar-refractivity contribution in [2.24, 2.45) is 16.6 Å². The highest BCUT2D eigenvalue weighted by Crippen LogP contribution is 2.22. The lowest BCUT2D eigenvalue weighted by molar-refractivity contribution is -0.138.